The molecule has 0 aliphatic carbocycles. The van der Waals surface area contributed by atoms with E-state index in [1.54, 1.807) is 11.3 Å². The third-order valence-corrected chi connectivity index (χ3v) is 5.07. The molecule has 2 heterocycles. The van der Waals surface area contributed by atoms with Gasteiger partial charge in [0.25, 0.3) is 0 Å². The zero-order valence-corrected chi connectivity index (χ0v) is 12.6. The SMILES string of the molecule is CCCN1CCCC(O)(c2nc(Br)cs2)CC1. The van der Waals surface area contributed by atoms with Crippen molar-refractivity contribution in [3.8, 4) is 0 Å². The van der Waals surface area contributed by atoms with Crippen LogP contribution in [0.1, 0.15) is 37.6 Å². The third-order valence-electron chi connectivity index (χ3n) is 3.32. The molecule has 0 saturated carbocycles. The maximum atomic E-state index is 10.7. The van der Waals surface area contributed by atoms with E-state index < -0.39 is 5.60 Å². The largest absolute Gasteiger partial charge is 0.383 e. The molecule has 0 spiro atoms. The summed E-state index contributed by atoms with van der Waals surface area (Å²) in [5, 5.41) is 13.5. The van der Waals surface area contributed by atoms with Crippen molar-refractivity contribution in [3.05, 3.63) is 15.0 Å². The van der Waals surface area contributed by atoms with E-state index >= 15 is 0 Å². The second-order valence-electron chi connectivity index (χ2n) is 4.70. The Morgan fingerprint density at radius 2 is 2.35 bits per heavy atom. The van der Waals surface area contributed by atoms with E-state index in [9.17, 15) is 5.11 Å². The fourth-order valence-corrected chi connectivity index (χ4v) is 3.81. The Morgan fingerprint density at radius 3 is 3.00 bits per heavy atom. The Hall–Kier alpha value is 0.0300. The van der Waals surface area contributed by atoms with Gasteiger partial charge in [0.05, 0.1) is 0 Å². The highest BCUT2D eigenvalue weighted by atomic mass is 79.9. The number of hydrogen-bond acceptors (Lipinski definition) is 4. The van der Waals surface area contributed by atoms with Crippen molar-refractivity contribution in [1.82, 2.24) is 9.88 Å². The Labute approximate surface area is 115 Å². The second kappa shape index (κ2) is 5.78. The number of aromatic nitrogens is 1. The number of aliphatic hydroxyl groups is 1. The van der Waals surface area contributed by atoms with Crippen molar-refractivity contribution in [3.63, 3.8) is 0 Å². The lowest BCUT2D eigenvalue weighted by Gasteiger charge is -2.24. The smallest absolute Gasteiger partial charge is 0.126 e. The van der Waals surface area contributed by atoms with E-state index in [0.717, 1.165) is 48.5 Å². The molecule has 1 fully saturated rings. The lowest BCUT2D eigenvalue weighted by Crippen LogP contribution is -2.29. The number of thiazole rings is 1. The first kappa shape index (κ1) is 13.5. The average molecular weight is 319 g/mol. The van der Waals surface area contributed by atoms with Crippen LogP contribution in [0.25, 0.3) is 0 Å². The minimum Gasteiger partial charge on any atom is -0.383 e. The zero-order valence-electron chi connectivity index (χ0n) is 10.2. The highest BCUT2D eigenvalue weighted by molar-refractivity contribution is 9.10. The highest BCUT2D eigenvalue weighted by Crippen LogP contribution is 2.35. The summed E-state index contributed by atoms with van der Waals surface area (Å²) in [5.74, 6) is 0. The fraction of sp³-hybridized carbons (Fsp3) is 0.750. The third kappa shape index (κ3) is 3.28. The van der Waals surface area contributed by atoms with Crippen molar-refractivity contribution >= 4 is 27.3 Å². The molecule has 0 radical (unpaired) electrons. The maximum absolute atomic E-state index is 10.7. The van der Waals surface area contributed by atoms with Gasteiger partial charge >= 0.3 is 0 Å². The van der Waals surface area contributed by atoms with Crippen molar-refractivity contribution in [2.75, 3.05) is 19.6 Å². The molecule has 0 amide bonds. The van der Waals surface area contributed by atoms with Gasteiger partial charge in [-0.2, -0.15) is 0 Å². The summed E-state index contributed by atoms with van der Waals surface area (Å²) in [4.78, 5) is 6.83. The van der Waals surface area contributed by atoms with Gasteiger partial charge in [-0.1, -0.05) is 6.92 Å². The van der Waals surface area contributed by atoms with Gasteiger partial charge in [0.1, 0.15) is 15.2 Å². The van der Waals surface area contributed by atoms with E-state index in [1.807, 2.05) is 5.38 Å². The summed E-state index contributed by atoms with van der Waals surface area (Å²) < 4.78 is 0.834. The average Bonchev–Trinajstić information content (AvgIpc) is 2.65. The van der Waals surface area contributed by atoms with Crippen LogP contribution in [0.2, 0.25) is 0 Å². The quantitative estimate of drug-likeness (QED) is 0.930. The molecule has 1 aromatic heterocycles. The fourth-order valence-electron chi connectivity index (χ4n) is 2.40. The van der Waals surface area contributed by atoms with Gasteiger partial charge in [-0.3, -0.25) is 0 Å². The zero-order chi connectivity index (χ0) is 12.3. The molecule has 2 rings (SSSR count). The van der Waals surface area contributed by atoms with E-state index in [2.05, 4.69) is 32.7 Å². The molecule has 1 unspecified atom stereocenters. The minimum atomic E-state index is -0.709. The van der Waals surface area contributed by atoms with Crippen LogP contribution in [0, 0.1) is 0 Å². The molecule has 96 valence electrons. The number of rotatable bonds is 3. The molecular formula is C12H19BrN2OS. The first-order chi connectivity index (χ1) is 8.14. The number of likely N-dealkylation sites (tertiary alicyclic amines) is 1. The Kier molecular flexibility index (Phi) is 4.58. The molecule has 1 aliphatic rings. The van der Waals surface area contributed by atoms with Crippen LogP contribution >= 0.6 is 27.3 Å². The van der Waals surface area contributed by atoms with Crippen LogP contribution < -0.4 is 0 Å². The summed E-state index contributed by atoms with van der Waals surface area (Å²) in [5.41, 5.74) is -0.709. The van der Waals surface area contributed by atoms with Gasteiger partial charge in [-0.05, 0) is 54.7 Å². The van der Waals surface area contributed by atoms with E-state index in [0.29, 0.717) is 0 Å². The monoisotopic (exact) mass is 318 g/mol. The summed E-state index contributed by atoms with van der Waals surface area (Å²) in [6.45, 7) is 5.41. The molecule has 1 aliphatic heterocycles. The van der Waals surface area contributed by atoms with Gasteiger partial charge in [-0.15, -0.1) is 11.3 Å². The van der Waals surface area contributed by atoms with Crippen LogP contribution in [-0.4, -0.2) is 34.6 Å². The van der Waals surface area contributed by atoms with Gasteiger partial charge in [-0.25, -0.2) is 4.98 Å². The van der Waals surface area contributed by atoms with Crippen molar-refractivity contribution in [2.24, 2.45) is 0 Å². The second-order valence-corrected chi connectivity index (χ2v) is 6.37. The summed E-state index contributed by atoms with van der Waals surface area (Å²) in [6.07, 6.45) is 3.86. The van der Waals surface area contributed by atoms with Crippen molar-refractivity contribution in [1.29, 1.82) is 0 Å². The Bertz CT molecular complexity index is 371. The lowest BCUT2D eigenvalue weighted by atomic mass is 9.96. The first-order valence-corrected chi connectivity index (χ1v) is 7.87. The Balaban J connectivity index is 2.06. The molecule has 1 aromatic rings. The van der Waals surface area contributed by atoms with E-state index in [4.69, 9.17) is 0 Å². The van der Waals surface area contributed by atoms with Crippen LogP contribution in [-0.2, 0) is 5.60 Å². The standard InChI is InChI=1S/C12H19BrN2OS/c1-2-6-15-7-3-4-12(16,5-8-15)11-14-10(13)9-17-11/h9,16H,2-8H2,1H3. The van der Waals surface area contributed by atoms with Gasteiger partial charge in [0.2, 0.25) is 0 Å². The van der Waals surface area contributed by atoms with E-state index in [-0.39, 0.29) is 0 Å². The van der Waals surface area contributed by atoms with Crippen LogP contribution in [0.5, 0.6) is 0 Å². The molecule has 5 heteroatoms. The number of nitrogens with zero attached hydrogens (tertiary/aromatic N) is 2. The predicted molar refractivity (Wildman–Crippen MR) is 74.3 cm³/mol. The highest BCUT2D eigenvalue weighted by Gasteiger charge is 2.34. The van der Waals surface area contributed by atoms with Crippen molar-refractivity contribution < 1.29 is 5.11 Å². The molecule has 3 nitrogen and oxygen atoms in total. The van der Waals surface area contributed by atoms with Gasteiger partial charge in [0.15, 0.2) is 0 Å². The van der Waals surface area contributed by atoms with Crippen molar-refractivity contribution in [2.45, 2.75) is 38.2 Å². The van der Waals surface area contributed by atoms with E-state index in [1.165, 1.54) is 6.42 Å². The van der Waals surface area contributed by atoms with Gasteiger partial charge in [0, 0.05) is 11.9 Å². The summed E-state index contributed by atoms with van der Waals surface area (Å²) >= 11 is 4.91. The van der Waals surface area contributed by atoms with Gasteiger partial charge < -0.3 is 10.0 Å². The first-order valence-electron chi connectivity index (χ1n) is 6.20. The topological polar surface area (TPSA) is 36.4 Å². The molecule has 17 heavy (non-hydrogen) atoms. The normalized spacial score (nSPS) is 27.0. The van der Waals surface area contributed by atoms with Crippen LogP contribution in [0.15, 0.2) is 9.98 Å². The molecule has 0 bridgehead atoms. The van der Waals surface area contributed by atoms with Crippen LogP contribution in [0.4, 0.5) is 0 Å². The molecule has 1 atom stereocenters. The number of hydrogen-bond donors (Lipinski definition) is 1. The molecule has 1 N–H and O–H groups in total. The molecule has 0 aromatic carbocycles. The summed E-state index contributed by atoms with van der Waals surface area (Å²) in [6, 6.07) is 0. The minimum absolute atomic E-state index is 0.709. The molecular weight excluding hydrogens is 300 g/mol. The van der Waals surface area contributed by atoms with Crippen LogP contribution in [0.3, 0.4) is 0 Å². The predicted octanol–water partition coefficient (Wildman–Crippen LogP) is 2.99. The Morgan fingerprint density at radius 1 is 1.53 bits per heavy atom. The molecule has 1 saturated heterocycles. The summed E-state index contributed by atoms with van der Waals surface area (Å²) in [7, 11) is 0. The maximum Gasteiger partial charge on any atom is 0.126 e. The lowest BCUT2D eigenvalue weighted by molar-refractivity contribution is 0.0209. The number of halogens is 1.